The first-order valence-corrected chi connectivity index (χ1v) is 9.19. The number of amides is 2. The number of ether oxygens (including phenoxy) is 1. The molecule has 2 amide bonds. The number of aromatic nitrogens is 1. The summed E-state index contributed by atoms with van der Waals surface area (Å²) in [5.74, 6) is 0.0794. The van der Waals surface area contributed by atoms with E-state index in [1.807, 2.05) is 47.1 Å². The third kappa shape index (κ3) is 3.17. The van der Waals surface area contributed by atoms with Gasteiger partial charge in [-0.3, -0.25) is 14.6 Å². The smallest absolute Gasteiger partial charge is 0.254 e. The Labute approximate surface area is 152 Å². The number of nitrogens with zero attached hydrogens (tertiary/aromatic N) is 3. The second-order valence-corrected chi connectivity index (χ2v) is 6.95. The highest BCUT2D eigenvalue weighted by molar-refractivity contribution is 6.06. The Morgan fingerprint density at radius 2 is 1.85 bits per heavy atom. The van der Waals surface area contributed by atoms with E-state index in [4.69, 9.17) is 4.74 Å². The maximum absolute atomic E-state index is 13.1. The van der Waals surface area contributed by atoms with Crippen LogP contribution in [0.25, 0.3) is 10.9 Å². The monoisotopic (exact) mass is 353 g/mol. The van der Waals surface area contributed by atoms with E-state index in [-0.39, 0.29) is 17.9 Å². The average molecular weight is 353 g/mol. The quantitative estimate of drug-likeness (QED) is 0.829. The minimum atomic E-state index is -0.288. The summed E-state index contributed by atoms with van der Waals surface area (Å²) in [6.07, 6.45) is 1.47. The number of hydrogen-bond donors (Lipinski definition) is 0. The number of carbonyl (C=O) groups is 2. The molecule has 6 heteroatoms. The lowest BCUT2D eigenvalue weighted by molar-refractivity contribution is -0.142. The van der Waals surface area contributed by atoms with E-state index >= 15 is 0 Å². The van der Waals surface area contributed by atoms with Gasteiger partial charge in [-0.2, -0.15) is 0 Å². The standard InChI is InChI=1S/C20H23N3O3/c1-14-13-16(15-5-2-3-6-17(15)21-14)19(24)22-8-10-23(11-9-22)20(25)18-7-4-12-26-18/h2-3,5-6,13,18H,4,7-12H2,1H3. The van der Waals surface area contributed by atoms with Crippen LogP contribution >= 0.6 is 0 Å². The molecule has 136 valence electrons. The summed E-state index contributed by atoms with van der Waals surface area (Å²) in [6, 6.07) is 9.57. The van der Waals surface area contributed by atoms with Gasteiger partial charge in [-0.05, 0) is 31.9 Å². The fourth-order valence-electron chi connectivity index (χ4n) is 3.76. The van der Waals surface area contributed by atoms with Gasteiger partial charge in [0.15, 0.2) is 0 Å². The van der Waals surface area contributed by atoms with Crippen LogP contribution in [0.5, 0.6) is 0 Å². The molecular formula is C20H23N3O3. The first kappa shape index (κ1) is 17.0. The van der Waals surface area contributed by atoms with E-state index in [2.05, 4.69) is 4.98 Å². The second-order valence-electron chi connectivity index (χ2n) is 6.95. The largest absolute Gasteiger partial charge is 0.368 e. The van der Waals surface area contributed by atoms with Gasteiger partial charge in [0.2, 0.25) is 0 Å². The third-order valence-corrected chi connectivity index (χ3v) is 5.16. The van der Waals surface area contributed by atoms with E-state index < -0.39 is 0 Å². The molecule has 0 bridgehead atoms. The molecule has 2 aromatic rings. The Bertz CT molecular complexity index is 837. The first-order chi connectivity index (χ1) is 12.6. The lowest BCUT2D eigenvalue weighted by Crippen LogP contribution is -2.52. The van der Waals surface area contributed by atoms with Crippen molar-refractivity contribution in [2.75, 3.05) is 32.8 Å². The molecule has 1 atom stereocenters. The molecule has 3 heterocycles. The van der Waals surface area contributed by atoms with E-state index in [0.29, 0.717) is 38.3 Å². The van der Waals surface area contributed by atoms with Crippen LogP contribution in [-0.4, -0.2) is 65.5 Å². The summed E-state index contributed by atoms with van der Waals surface area (Å²) >= 11 is 0. The number of carbonyl (C=O) groups excluding carboxylic acids is 2. The van der Waals surface area contributed by atoms with Crippen molar-refractivity contribution in [3.8, 4) is 0 Å². The Morgan fingerprint density at radius 3 is 2.58 bits per heavy atom. The number of rotatable bonds is 2. The van der Waals surface area contributed by atoms with Gasteiger partial charge in [0.05, 0.1) is 11.1 Å². The summed E-state index contributed by atoms with van der Waals surface area (Å²) in [5, 5.41) is 0.876. The molecule has 4 rings (SSSR count). The second kappa shape index (κ2) is 7.03. The molecule has 2 aliphatic rings. The van der Waals surface area contributed by atoms with Crippen molar-refractivity contribution in [1.82, 2.24) is 14.8 Å². The highest BCUT2D eigenvalue weighted by Gasteiger charge is 2.31. The van der Waals surface area contributed by atoms with Crippen LogP contribution in [-0.2, 0) is 9.53 Å². The Kier molecular flexibility index (Phi) is 4.59. The van der Waals surface area contributed by atoms with Crippen molar-refractivity contribution in [3.05, 3.63) is 41.6 Å². The van der Waals surface area contributed by atoms with Crippen molar-refractivity contribution < 1.29 is 14.3 Å². The maximum atomic E-state index is 13.1. The maximum Gasteiger partial charge on any atom is 0.254 e. The number of benzene rings is 1. The van der Waals surface area contributed by atoms with Gasteiger partial charge < -0.3 is 14.5 Å². The summed E-state index contributed by atoms with van der Waals surface area (Å²) in [6.45, 7) is 4.80. The molecule has 1 unspecified atom stereocenters. The van der Waals surface area contributed by atoms with Crippen LogP contribution < -0.4 is 0 Å². The third-order valence-electron chi connectivity index (χ3n) is 5.16. The summed E-state index contributed by atoms with van der Waals surface area (Å²) in [4.78, 5) is 33.7. The van der Waals surface area contributed by atoms with E-state index in [1.54, 1.807) is 0 Å². The number of pyridine rings is 1. The van der Waals surface area contributed by atoms with Crippen LogP contribution in [0.3, 0.4) is 0 Å². The summed E-state index contributed by atoms with van der Waals surface area (Å²) in [7, 11) is 0. The van der Waals surface area contributed by atoms with Gasteiger partial charge in [-0.1, -0.05) is 18.2 Å². The molecule has 0 spiro atoms. The molecule has 0 radical (unpaired) electrons. The van der Waals surface area contributed by atoms with E-state index in [0.717, 1.165) is 29.4 Å². The molecule has 2 saturated heterocycles. The van der Waals surface area contributed by atoms with Crippen molar-refractivity contribution in [1.29, 1.82) is 0 Å². The highest BCUT2D eigenvalue weighted by atomic mass is 16.5. The highest BCUT2D eigenvalue weighted by Crippen LogP contribution is 2.21. The zero-order valence-electron chi connectivity index (χ0n) is 15.0. The zero-order valence-corrected chi connectivity index (χ0v) is 15.0. The van der Waals surface area contributed by atoms with Crippen LogP contribution in [0.4, 0.5) is 0 Å². The van der Waals surface area contributed by atoms with Gasteiger partial charge in [0.25, 0.3) is 11.8 Å². The molecule has 0 N–H and O–H groups in total. The predicted octanol–water partition coefficient (Wildman–Crippen LogP) is 2.01. The van der Waals surface area contributed by atoms with Crippen LogP contribution in [0.2, 0.25) is 0 Å². The molecule has 26 heavy (non-hydrogen) atoms. The molecule has 1 aromatic heterocycles. The van der Waals surface area contributed by atoms with Crippen LogP contribution in [0.1, 0.15) is 28.9 Å². The van der Waals surface area contributed by atoms with Crippen molar-refractivity contribution in [3.63, 3.8) is 0 Å². The van der Waals surface area contributed by atoms with Crippen molar-refractivity contribution >= 4 is 22.7 Å². The Balaban J connectivity index is 1.48. The van der Waals surface area contributed by atoms with Crippen molar-refractivity contribution in [2.45, 2.75) is 25.9 Å². The van der Waals surface area contributed by atoms with Crippen LogP contribution in [0, 0.1) is 6.92 Å². The SMILES string of the molecule is Cc1cc(C(=O)N2CCN(C(=O)C3CCCO3)CC2)c2ccccc2n1. The summed E-state index contributed by atoms with van der Waals surface area (Å²) < 4.78 is 5.49. The Morgan fingerprint density at radius 1 is 1.12 bits per heavy atom. The van der Waals surface area contributed by atoms with Gasteiger partial charge >= 0.3 is 0 Å². The molecule has 6 nitrogen and oxygen atoms in total. The minimum Gasteiger partial charge on any atom is -0.368 e. The minimum absolute atomic E-state index is 0.0101. The van der Waals surface area contributed by atoms with E-state index in [9.17, 15) is 9.59 Å². The van der Waals surface area contributed by atoms with Gasteiger partial charge in [0, 0.05) is 43.9 Å². The summed E-state index contributed by atoms with van der Waals surface area (Å²) in [5.41, 5.74) is 2.36. The lowest BCUT2D eigenvalue weighted by Gasteiger charge is -2.36. The number of piperazine rings is 1. The molecule has 1 aromatic carbocycles. The first-order valence-electron chi connectivity index (χ1n) is 9.19. The van der Waals surface area contributed by atoms with E-state index in [1.165, 1.54) is 0 Å². The average Bonchev–Trinajstić information content (AvgIpc) is 3.21. The number of para-hydroxylation sites is 1. The fourth-order valence-corrected chi connectivity index (χ4v) is 3.76. The topological polar surface area (TPSA) is 62.7 Å². The van der Waals surface area contributed by atoms with Gasteiger partial charge in [0.1, 0.15) is 6.10 Å². The Hall–Kier alpha value is -2.47. The predicted molar refractivity (Wildman–Crippen MR) is 97.9 cm³/mol. The van der Waals surface area contributed by atoms with Crippen LogP contribution in [0.15, 0.2) is 30.3 Å². The van der Waals surface area contributed by atoms with Gasteiger partial charge in [-0.15, -0.1) is 0 Å². The molecule has 2 aliphatic heterocycles. The lowest BCUT2D eigenvalue weighted by atomic mass is 10.1. The fraction of sp³-hybridized carbons (Fsp3) is 0.450. The number of hydrogen-bond acceptors (Lipinski definition) is 4. The molecule has 0 saturated carbocycles. The molecule has 0 aliphatic carbocycles. The zero-order chi connectivity index (χ0) is 18.1. The molecule has 2 fully saturated rings. The van der Waals surface area contributed by atoms with Crippen molar-refractivity contribution in [2.24, 2.45) is 0 Å². The van der Waals surface area contributed by atoms with Gasteiger partial charge in [-0.25, -0.2) is 0 Å². The molecular weight excluding hydrogens is 330 g/mol. The normalized spacial score (nSPS) is 20.6. The number of aryl methyl sites for hydroxylation is 1. The number of fused-ring (bicyclic) bond motifs is 1.